The van der Waals surface area contributed by atoms with Crippen molar-refractivity contribution >= 4 is 11.5 Å². The van der Waals surface area contributed by atoms with Gasteiger partial charge >= 0.3 is 0 Å². The van der Waals surface area contributed by atoms with Crippen molar-refractivity contribution in [2.75, 3.05) is 18.0 Å². The van der Waals surface area contributed by atoms with E-state index >= 15 is 0 Å². The van der Waals surface area contributed by atoms with Gasteiger partial charge in [0.2, 0.25) is 0 Å². The molecule has 0 spiro atoms. The maximum atomic E-state index is 5.61. The summed E-state index contributed by atoms with van der Waals surface area (Å²) in [4.78, 5) is 10.5. The molecule has 2 rings (SSSR count). The maximum absolute atomic E-state index is 5.61. The summed E-state index contributed by atoms with van der Waals surface area (Å²) >= 11 is 0. The molecule has 2 aromatic rings. The molecule has 0 saturated carbocycles. The first-order valence-electron chi connectivity index (χ1n) is 6.12. The summed E-state index contributed by atoms with van der Waals surface area (Å²) in [6, 6.07) is 10.2. The van der Waals surface area contributed by atoms with E-state index in [0.717, 1.165) is 18.8 Å². The Kier molecular flexibility index (Phi) is 4.25. The average molecular weight is 242 g/mol. The van der Waals surface area contributed by atoms with Crippen LogP contribution in [0.5, 0.6) is 0 Å². The first-order valence-corrected chi connectivity index (χ1v) is 6.12. The van der Waals surface area contributed by atoms with Gasteiger partial charge in [-0.05, 0) is 37.6 Å². The number of hydrogen-bond acceptors (Lipinski definition) is 4. The van der Waals surface area contributed by atoms with Gasteiger partial charge in [0.05, 0.1) is 0 Å². The SMILES string of the molecule is Cc1ccccc1N(CCCN)c1ccncn1. The summed E-state index contributed by atoms with van der Waals surface area (Å²) in [6.07, 6.45) is 4.26. The van der Waals surface area contributed by atoms with E-state index in [9.17, 15) is 0 Å². The zero-order valence-corrected chi connectivity index (χ0v) is 10.6. The van der Waals surface area contributed by atoms with E-state index in [1.165, 1.54) is 11.3 Å². The third-order valence-electron chi connectivity index (χ3n) is 2.83. The Balaban J connectivity index is 2.34. The van der Waals surface area contributed by atoms with Crippen LogP contribution >= 0.6 is 0 Å². The highest BCUT2D eigenvalue weighted by atomic mass is 15.2. The minimum Gasteiger partial charge on any atom is -0.330 e. The molecule has 0 aliphatic carbocycles. The van der Waals surface area contributed by atoms with Crippen LogP contribution in [0.1, 0.15) is 12.0 Å². The molecule has 1 heterocycles. The predicted octanol–water partition coefficient (Wildman–Crippen LogP) is 2.27. The second-order valence-electron chi connectivity index (χ2n) is 4.15. The molecule has 4 heteroatoms. The van der Waals surface area contributed by atoms with Crippen LogP contribution in [0.3, 0.4) is 0 Å². The summed E-state index contributed by atoms with van der Waals surface area (Å²) < 4.78 is 0. The zero-order chi connectivity index (χ0) is 12.8. The van der Waals surface area contributed by atoms with Crippen molar-refractivity contribution in [3.8, 4) is 0 Å². The molecule has 0 saturated heterocycles. The fourth-order valence-electron chi connectivity index (χ4n) is 1.92. The fourth-order valence-corrected chi connectivity index (χ4v) is 1.92. The molecule has 1 aromatic carbocycles. The molecule has 1 aromatic heterocycles. The topological polar surface area (TPSA) is 55.0 Å². The van der Waals surface area contributed by atoms with Gasteiger partial charge in [-0.3, -0.25) is 0 Å². The Morgan fingerprint density at radius 3 is 2.72 bits per heavy atom. The largest absolute Gasteiger partial charge is 0.330 e. The first-order chi connectivity index (χ1) is 8.83. The van der Waals surface area contributed by atoms with Gasteiger partial charge in [0, 0.05) is 18.4 Å². The molecule has 0 radical (unpaired) electrons. The Morgan fingerprint density at radius 1 is 1.22 bits per heavy atom. The lowest BCUT2D eigenvalue weighted by molar-refractivity contribution is 0.806. The summed E-state index contributed by atoms with van der Waals surface area (Å²) in [5.74, 6) is 0.910. The summed E-state index contributed by atoms with van der Waals surface area (Å²) in [5, 5.41) is 0. The van der Waals surface area contributed by atoms with E-state index in [2.05, 4.69) is 33.9 Å². The van der Waals surface area contributed by atoms with Gasteiger partial charge in [0.15, 0.2) is 0 Å². The van der Waals surface area contributed by atoms with Crippen LogP contribution in [0, 0.1) is 6.92 Å². The number of nitrogens with zero attached hydrogens (tertiary/aromatic N) is 3. The highest BCUT2D eigenvalue weighted by Crippen LogP contribution is 2.26. The van der Waals surface area contributed by atoms with Crippen LogP contribution < -0.4 is 10.6 Å². The molecular formula is C14H18N4. The third kappa shape index (κ3) is 2.84. The van der Waals surface area contributed by atoms with Crippen molar-refractivity contribution in [1.29, 1.82) is 0 Å². The van der Waals surface area contributed by atoms with Crippen molar-refractivity contribution in [2.24, 2.45) is 5.73 Å². The molecule has 0 fully saturated rings. The van der Waals surface area contributed by atoms with Crippen LogP contribution in [0.2, 0.25) is 0 Å². The van der Waals surface area contributed by atoms with E-state index in [-0.39, 0.29) is 0 Å². The van der Waals surface area contributed by atoms with Gasteiger partial charge in [-0.25, -0.2) is 9.97 Å². The smallest absolute Gasteiger partial charge is 0.136 e. The molecule has 18 heavy (non-hydrogen) atoms. The van der Waals surface area contributed by atoms with Crippen molar-refractivity contribution in [1.82, 2.24) is 9.97 Å². The van der Waals surface area contributed by atoms with Crippen LogP contribution in [0.25, 0.3) is 0 Å². The number of para-hydroxylation sites is 1. The number of hydrogen-bond donors (Lipinski definition) is 1. The van der Waals surface area contributed by atoms with Crippen molar-refractivity contribution in [2.45, 2.75) is 13.3 Å². The number of anilines is 2. The summed E-state index contributed by atoms with van der Waals surface area (Å²) in [5.41, 5.74) is 8.01. The van der Waals surface area contributed by atoms with Crippen LogP contribution in [-0.4, -0.2) is 23.1 Å². The van der Waals surface area contributed by atoms with Gasteiger partial charge in [0.25, 0.3) is 0 Å². The molecule has 0 aliphatic heterocycles. The number of benzene rings is 1. The molecule has 94 valence electrons. The quantitative estimate of drug-likeness (QED) is 0.874. The van der Waals surface area contributed by atoms with E-state index in [4.69, 9.17) is 5.73 Å². The van der Waals surface area contributed by atoms with Gasteiger partial charge in [-0.1, -0.05) is 18.2 Å². The van der Waals surface area contributed by atoms with Crippen LogP contribution in [0.4, 0.5) is 11.5 Å². The third-order valence-corrected chi connectivity index (χ3v) is 2.83. The van der Waals surface area contributed by atoms with Crippen molar-refractivity contribution in [3.63, 3.8) is 0 Å². The molecule has 2 N–H and O–H groups in total. The van der Waals surface area contributed by atoms with E-state index in [0.29, 0.717) is 6.54 Å². The van der Waals surface area contributed by atoms with Gasteiger partial charge in [-0.2, -0.15) is 0 Å². The van der Waals surface area contributed by atoms with E-state index < -0.39 is 0 Å². The predicted molar refractivity (Wildman–Crippen MR) is 73.9 cm³/mol. The molecule has 0 atom stereocenters. The normalized spacial score (nSPS) is 10.3. The second kappa shape index (κ2) is 6.12. The number of nitrogens with two attached hydrogens (primary N) is 1. The maximum Gasteiger partial charge on any atom is 0.136 e. The highest BCUT2D eigenvalue weighted by molar-refractivity contribution is 5.63. The Hall–Kier alpha value is -1.94. The second-order valence-corrected chi connectivity index (χ2v) is 4.15. The molecular weight excluding hydrogens is 224 g/mol. The van der Waals surface area contributed by atoms with Crippen molar-refractivity contribution in [3.05, 3.63) is 48.4 Å². The minimum atomic E-state index is 0.674. The Morgan fingerprint density at radius 2 is 2.06 bits per heavy atom. The minimum absolute atomic E-state index is 0.674. The lowest BCUT2D eigenvalue weighted by Crippen LogP contribution is -2.22. The van der Waals surface area contributed by atoms with Gasteiger partial charge in [-0.15, -0.1) is 0 Å². The molecule has 0 unspecified atom stereocenters. The molecule has 0 aliphatic rings. The summed E-state index contributed by atoms with van der Waals surface area (Å²) in [6.45, 7) is 3.64. The lowest BCUT2D eigenvalue weighted by Gasteiger charge is -2.25. The Bertz CT molecular complexity index is 484. The van der Waals surface area contributed by atoms with Gasteiger partial charge < -0.3 is 10.6 Å². The number of aryl methyl sites for hydroxylation is 1. The molecule has 0 bridgehead atoms. The molecule has 0 amide bonds. The molecule has 4 nitrogen and oxygen atoms in total. The number of rotatable bonds is 5. The monoisotopic (exact) mass is 242 g/mol. The average Bonchev–Trinajstić information content (AvgIpc) is 2.42. The standard InChI is InChI=1S/C14H18N4/c1-12-5-2-3-6-13(12)18(10-4-8-15)14-7-9-16-11-17-14/h2-3,5-7,9,11H,4,8,10,15H2,1H3. The van der Waals surface area contributed by atoms with Crippen LogP contribution in [-0.2, 0) is 0 Å². The van der Waals surface area contributed by atoms with E-state index in [1.807, 2.05) is 18.2 Å². The van der Waals surface area contributed by atoms with Crippen LogP contribution in [0.15, 0.2) is 42.9 Å². The first kappa shape index (κ1) is 12.5. The lowest BCUT2D eigenvalue weighted by atomic mass is 10.1. The number of aromatic nitrogens is 2. The highest BCUT2D eigenvalue weighted by Gasteiger charge is 2.11. The van der Waals surface area contributed by atoms with Gasteiger partial charge in [0.1, 0.15) is 12.1 Å². The zero-order valence-electron chi connectivity index (χ0n) is 10.6. The summed E-state index contributed by atoms with van der Waals surface area (Å²) in [7, 11) is 0. The van der Waals surface area contributed by atoms with Crippen molar-refractivity contribution < 1.29 is 0 Å². The fraction of sp³-hybridized carbons (Fsp3) is 0.286. The Labute approximate surface area is 107 Å². The van der Waals surface area contributed by atoms with E-state index in [1.54, 1.807) is 12.5 Å².